The van der Waals surface area contributed by atoms with Crippen LogP contribution in [0.1, 0.15) is 217 Å². The summed E-state index contributed by atoms with van der Waals surface area (Å²) >= 11 is 11.1. The standard InChI is InChI=1S/C18H21N3O3.C15H21Br3.C15H21N9.C15H27N3/c1-4-13-16(7-20-11-22)14(5-2)18(9-24-10-19)15(6-3)17(13)8-21-12-23;1-4-10-13(7-16)11(5-2)15(9-18)12(6-3)14(10)8-17;1-4-10-13(7-19-22-16)11(5-2)15(9-21-24-18)12(6-3)14(10)8-20-23-17;1-4-10-13(7-16)11(5-2)15(9-18)12(6-3)14(10)8-17/h4-9H2,1-3H3;4-9H2,1-3H3;4-9H2,1-3H3;4-9,16-18H2,1-3H3. The van der Waals surface area contributed by atoms with Crippen molar-refractivity contribution in [3.05, 3.63) is 165 Å². The molecule has 21 heteroatoms. The Morgan fingerprint density at radius 1 is 0.357 bits per heavy atom. The molecule has 4 rings (SSSR count). The van der Waals surface area contributed by atoms with E-state index in [1.54, 1.807) is 35.1 Å². The molecule has 0 atom stereocenters. The van der Waals surface area contributed by atoms with Gasteiger partial charge in [-0.3, -0.25) is 0 Å². The average Bonchev–Trinajstić information content (AvgIpc) is 3.66. The maximum atomic E-state index is 10.6. The van der Waals surface area contributed by atoms with Crippen molar-refractivity contribution in [3.8, 4) is 6.26 Å². The maximum Gasteiger partial charge on any atom is 0.286 e. The molecule has 0 radical (unpaired) electrons. The second kappa shape index (κ2) is 42.9. The molecule has 0 heterocycles. The van der Waals surface area contributed by atoms with E-state index in [1.807, 2.05) is 41.5 Å². The Balaban J connectivity index is 0.000000565. The van der Waals surface area contributed by atoms with Crippen LogP contribution in [0.5, 0.6) is 0 Å². The molecule has 0 fully saturated rings. The first-order chi connectivity index (χ1) is 40.8. The number of rotatable bonds is 30. The summed E-state index contributed by atoms with van der Waals surface area (Å²) in [5.74, 6) is 0. The van der Waals surface area contributed by atoms with Gasteiger partial charge in [0.05, 0.1) is 32.7 Å². The van der Waals surface area contributed by atoms with Crippen LogP contribution < -0.4 is 17.2 Å². The minimum atomic E-state index is 0.155. The highest BCUT2D eigenvalue weighted by molar-refractivity contribution is 9.09. The fourth-order valence-corrected chi connectivity index (χ4v) is 14.5. The van der Waals surface area contributed by atoms with Gasteiger partial charge in [-0.25, -0.2) is 19.6 Å². The van der Waals surface area contributed by atoms with Gasteiger partial charge in [0.2, 0.25) is 12.2 Å². The van der Waals surface area contributed by atoms with Crippen molar-refractivity contribution in [3.63, 3.8) is 0 Å². The maximum absolute atomic E-state index is 10.6. The van der Waals surface area contributed by atoms with Crippen LogP contribution in [0.15, 0.2) is 25.3 Å². The van der Waals surface area contributed by atoms with Gasteiger partial charge in [-0.2, -0.15) is 5.26 Å². The van der Waals surface area contributed by atoms with E-state index in [0.29, 0.717) is 19.6 Å². The second-order valence-electron chi connectivity index (χ2n) is 19.1. The smallest absolute Gasteiger partial charge is 0.286 e. The fraction of sp³-hybridized carbons (Fsp3) is 0.571. The minimum Gasteiger partial charge on any atom is -0.423 e. The lowest BCUT2D eigenvalue weighted by molar-refractivity contribution is 0.255. The van der Waals surface area contributed by atoms with E-state index in [1.165, 1.54) is 50.1 Å². The molecule has 84 heavy (non-hydrogen) atoms. The van der Waals surface area contributed by atoms with Crippen LogP contribution >= 0.6 is 47.8 Å². The third-order valence-electron chi connectivity index (χ3n) is 15.8. The number of azide groups is 3. The summed E-state index contributed by atoms with van der Waals surface area (Å²) in [5, 5.41) is 22.8. The Labute approximate surface area is 524 Å². The van der Waals surface area contributed by atoms with Gasteiger partial charge in [0.25, 0.3) is 6.26 Å². The van der Waals surface area contributed by atoms with Crippen molar-refractivity contribution >= 4 is 59.9 Å². The molecule has 4 aromatic rings. The van der Waals surface area contributed by atoms with E-state index in [9.17, 15) is 9.59 Å². The summed E-state index contributed by atoms with van der Waals surface area (Å²) in [5.41, 5.74) is 73.0. The first-order valence-electron chi connectivity index (χ1n) is 29.4. The number of aliphatic imine (C=N–C) groups is 2. The summed E-state index contributed by atoms with van der Waals surface area (Å²) in [4.78, 5) is 37.3. The summed E-state index contributed by atoms with van der Waals surface area (Å²) in [7, 11) is 0. The van der Waals surface area contributed by atoms with Crippen LogP contribution in [0.4, 0.5) is 0 Å². The number of ether oxygens (including phenoxy) is 1. The lowest BCUT2D eigenvalue weighted by Gasteiger charge is -2.24. The van der Waals surface area contributed by atoms with Gasteiger partial charge in [0.15, 0.2) is 0 Å². The molecule has 0 bridgehead atoms. The number of carbonyl (C=O) groups excluding carboxylic acids is 2. The molecule has 6 N–H and O–H groups in total. The number of nitrogens with two attached hydrogens (primary N) is 3. The van der Waals surface area contributed by atoms with Gasteiger partial charge in [-0.1, -0.05) is 146 Å². The molecule has 0 aliphatic carbocycles. The van der Waals surface area contributed by atoms with Crippen LogP contribution in [-0.4, -0.2) is 12.2 Å². The minimum absolute atomic E-state index is 0.155. The Morgan fingerprint density at radius 3 is 0.738 bits per heavy atom. The van der Waals surface area contributed by atoms with Crippen molar-refractivity contribution in [2.24, 2.45) is 42.5 Å². The molecular formula is C63H90Br3N15O3. The normalized spacial score (nSPS) is 10.2. The van der Waals surface area contributed by atoms with Crippen molar-refractivity contribution in [2.75, 3.05) is 0 Å². The van der Waals surface area contributed by atoms with Crippen LogP contribution in [0.25, 0.3) is 31.3 Å². The molecule has 0 aromatic heterocycles. The van der Waals surface area contributed by atoms with E-state index >= 15 is 0 Å². The molecule has 0 saturated carbocycles. The molecule has 0 aliphatic heterocycles. The SMILES string of the molecule is CCc1c(CBr)c(CC)c(CBr)c(CC)c1CBr.CCc1c(CN)c(CC)c(CN)c(CC)c1CN.CCc1c(CN=C=O)c(CC)c(COC#N)c(CC)c1CN=C=O.CCc1c(CN=[N+]=[N-])c(CC)c(CN=[N+]=[N-])c(CC)c1CN=[N+]=[N-]. The summed E-state index contributed by atoms with van der Waals surface area (Å²) < 4.78 is 4.99. The quantitative estimate of drug-likeness (QED) is 0.00861. The highest BCUT2D eigenvalue weighted by atomic mass is 79.9. The third kappa shape index (κ3) is 19.1. The Hall–Kier alpha value is -5.82. The first-order valence-corrected chi connectivity index (χ1v) is 32.7. The predicted octanol–water partition coefficient (Wildman–Crippen LogP) is 16.7. The van der Waals surface area contributed by atoms with Gasteiger partial charge in [0, 0.05) is 50.4 Å². The van der Waals surface area contributed by atoms with Crippen LogP contribution in [0, 0.1) is 11.5 Å². The lowest BCUT2D eigenvalue weighted by Crippen LogP contribution is -2.18. The molecule has 0 unspecified atom stereocenters. The van der Waals surface area contributed by atoms with Gasteiger partial charge >= 0.3 is 0 Å². The highest BCUT2D eigenvalue weighted by Crippen LogP contribution is 2.37. The molecule has 456 valence electrons. The molecule has 0 saturated heterocycles. The molecular weight excluding hydrogens is 1250 g/mol. The number of benzene rings is 4. The van der Waals surface area contributed by atoms with Gasteiger partial charge in [-0.15, -0.1) is 0 Å². The monoisotopic (exact) mass is 1340 g/mol. The van der Waals surface area contributed by atoms with Gasteiger partial charge < -0.3 is 21.9 Å². The Morgan fingerprint density at radius 2 is 0.560 bits per heavy atom. The van der Waals surface area contributed by atoms with Crippen LogP contribution in [0.3, 0.4) is 0 Å². The van der Waals surface area contributed by atoms with Crippen molar-refractivity contribution in [2.45, 2.75) is 235 Å². The van der Waals surface area contributed by atoms with Gasteiger partial charge in [-0.05, 0) is 227 Å². The summed E-state index contributed by atoms with van der Waals surface area (Å²) in [6, 6.07) is 0. The number of alkyl halides is 3. The highest BCUT2D eigenvalue weighted by Gasteiger charge is 2.24. The van der Waals surface area contributed by atoms with Gasteiger partial charge in [0.1, 0.15) is 6.61 Å². The fourth-order valence-electron chi connectivity index (χ4n) is 12.5. The van der Waals surface area contributed by atoms with Crippen molar-refractivity contribution < 1.29 is 14.3 Å². The number of nitrogens with zero attached hydrogens (tertiary/aromatic N) is 12. The molecule has 0 amide bonds. The van der Waals surface area contributed by atoms with E-state index in [-0.39, 0.29) is 39.3 Å². The lowest BCUT2D eigenvalue weighted by atomic mass is 9.83. The van der Waals surface area contributed by atoms with E-state index < -0.39 is 0 Å². The number of hydrogen-bond acceptors (Lipinski definition) is 12. The second-order valence-corrected chi connectivity index (χ2v) is 20.8. The van der Waals surface area contributed by atoms with Crippen molar-refractivity contribution in [1.29, 1.82) is 5.26 Å². The zero-order valence-corrected chi connectivity index (χ0v) is 56.7. The number of nitriles is 1. The molecule has 0 spiro atoms. The van der Waals surface area contributed by atoms with Crippen molar-refractivity contribution in [1.82, 2.24) is 0 Å². The van der Waals surface area contributed by atoms with Crippen LogP contribution in [0.2, 0.25) is 0 Å². The Kier molecular flexibility index (Phi) is 38.9. The zero-order valence-electron chi connectivity index (χ0n) is 51.9. The first kappa shape index (κ1) is 76.2. The number of isocyanates is 2. The predicted molar refractivity (Wildman–Crippen MR) is 352 cm³/mol. The third-order valence-corrected chi connectivity index (χ3v) is 17.4. The zero-order chi connectivity index (χ0) is 63.3. The number of hydrogen-bond donors (Lipinski definition) is 3. The van der Waals surface area contributed by atoms with E-state index in [0.717, 1.165) is 160 Å². The van der Waals surface area contributed by atoms with E-state index in [4.69, 9.17) is 43.8 Å². The molecule has 4 aromatic carbocycles. The van der Waals surface area contributed by atoms with Crippen LogP contribution in [-0.2, 0) is 166 Å². The Bertz CT molecular complexity index is 2620. The number of halogens is 3. The average molecular weight is 1350 g/mol. The summed E-state index contributed by atoms with van der Waals surface area (Å²) in [6.45, 7) is 28.5. The van der Waals surface area contributed by atoms with E-state index in [2.05, 4.69) is 129 Å². The summed E-state index contributed by atoms with van der Waals surface area (Å²) in [6.07, 6.45) is 15.6. The molecule has 0 aliphatic rings. The topological polar surface area (TPSA) is 316 Å². The largest absolute Gasteiger partial charge is 0.423 e. The molecule has 18 nitrogen and oxygen atoms in total.